The van der Waals surface area contributed by atoms with Crippen molar-refractivity contribution < 1.29 is 13.2 Å². The number of alkyl halides is 1. The van der Waals surface area contributed by atoms with Gasteiger partial charge in [-0.3, -0.25) is 0 Å². The van der Waals surface area contributed by atoms with E-state index in [4.69, 9.17) is 0 Å². The molecule has 100 valence electrons. The Bertz CT molecular complexity index is 383. The molecule has 0 aliphatic heterocycles. The molecule has 0 nitrogen and oxygen atoms in total. The summed E-state index contributed by atoms with van der Waals surface area (Å²) >= 11 is 0. The summed E-state index contributed by atoms with van der Waals surface area (Å²) in [5, 5.41) is 0. The van der Waals surface area contributed by atoms with Gasteiger partial charge in [0.1, 0.15) is 17.8 Å². The number of benzene rings is 1. The van der Waals surface area contributed by atoms with Crippen LogP contribution >= 0.6 is 0 Å². The second-order valence-corrected chi connectivity index (χ2v) is 5.17. The van der Waals surface area contributed by atoms with E-state index in [1.165, 1.54) is 12.1 Å². The van der Waals surface area contributed by atoms with Gasteiger partial charge in [-0.25, -0.2) is 13.2 Å². The number of hydrogen-bond acceptors (Lipinski definition) is 0. The highest BCUT2D eigenvalue weighted by molar-refractivity contribution is 5.29. The van der Waals surface area contributed by atoms with Crippen molar-refractivity contribution in [2.75, 3.05) is 0 Å². The topological polar surface area (TPSA) is 0 Å². The van der Waals surface area contributed by atoms with Crippen LogP contribution in [0.25, 0.3) is 0 Å². The highest BCUT2D eigenvalue weighted by Crippen LogP contribution is 2.37. The van der Waals surface area contributed by atoms with Crippen molar-refractivity contribution in [2.24, 2.45) is 0 Å². The SMILES string of the molecule is CCCc1cc(F)c(C2CCC(F)CC2)c(F)c1. The van der Waals surface area contributed by atoms with E-state index in [9.17, 15) is 13.2 Å². The maximum absolute atomic E-state index is 14.0. The molecule has 1 fully saturated rings. The number of halogens is 3. The van der Waals surface area contributed by atoms with Gasteiger partial charge < -0.3 is 0 Å². The third kappa shape index (κ3) is 2.88. The molecule has 1 aliphatic rings. The number of hydrogen-bond donors (Lipinski definition) is 0. The highest BCUT2D eigenvalue weighted by Gasteiger charge is 2.26. The van der Waals surface area contributed by atoms with Gasteiger partial charge in [0, 0.05) is 5.56 Å². The molecule has 18 heavy (non-hydrogen) atoms. The highest BCUT2D eigenvalue weighted by atomic mass is 19.1. The van der Waals surface area contributed by atoms with Crippen LogP contribution in [0, 0.1) is 11.6 Å². The standard InChI is InChI=1S/C15H19F3/c1-2-3-10-8-13(17)15(14(18)9-10)11-4-6-12(16)7-5-11/h8-9,11-12H,2-7H2,1H3. The van der Waals surface area contributed by atoms with Crippen molar-refractivity contribution in [3.8, 4) is 0 Å². The normalized spacial score (nSPS) is 24.2. The van der Waals surface area contributed by atoms with Crippen molar-refractivity contribution in [3.63, 3.8) is 0 Å². The molecule has 0 atom stereocenters. The zero-order valence-corrected chi connectivity index (χ0v) is 10.7. The fourth-order valence-corrected chi connectivity index (χ4v) is 2.80. The van der Waals surface area contributed by atoms with Gasteiger partial charge in [0.05, 0.1) is 0 Å². The molecule has 1 saturated carbocycles. The Kier molecular flexibility index (Phi) is 4.31. The van der Waals surface area contributed by atoms with Crippen LogP contribution < -0.4 is 0 Å². The van der Waals surface area contributed by atoms with Crippen LogP contribution in [0.1, 0.15) is 56.1 Å². The molecule has 3 heteroatoms. The van der Waals surface area contributed by atoms with E-state index < -0.39 is 17.8 Å². The largest absolute Gasteiger partial charge is 0.247 e. The smallest absolute Gasteiger partial charge is 0.129 e. The van der Waals surface area contributed by atoms with Crippen LogP contribution in [0.3, 0.4) is 0 Å². The van der Waals surface area contributed by atoms with E-state index in [2.05, 4.69) is 0 Å². The Morgan fingerprint density at radius 2 is 1.61 bits per heavy atom. The first-order chi connectivity index (χ1) is 8.61. The number of aryl methyl sites for hydroxylation is 1. The Morgan fingerprint density at radius 3 is 2.11 bits per heavy atom. The summed E-state index contributed by atoms with van der Waals surface area (Å²) in [6, 6.07) is 2.87. The summed E-state index contributed by atoms with van der Waals surface area (Å²) < 4.78 is 41.0. The fraction of sp³-hybridized carbons (Fsp3) is 0.600. The lowest BCUT2D eigenvalue weighted by Gasteiger charge is -2.25. The fourth-order valence-electron chi connectivity index (χ4n) is 2.80. The molecule has 1 aromatic carbocycles. The third-order valence-corrected chi connectivity index (χ3v) is 3.74. The minimum Gasteiger partial charge on any atom is -0.247 e. The minimum atomic E-state index is -0.799. The molecule has 0 unspecified atom stereocenters. The predicted octanol–water partition coefficient (Wildman–Crippen LogP) is 4.91. The van der Waals surface area contributed by atoms with Crippen LogP contribution in [0.4, 0.5) is 13.2 Å². The van der Waals surface area contributed by atoms with Crippen molar-refractivity contribution in [1.82, 2.24) is 0 Å². The molecule has 0 saturated heterocycles. The van der Waals surface area contributed by atoms with E-state index in [-0.39, 0.29) is 11.5 Å². The second-order valence-electron chi connectivity index (χ2n) is 5.17. The lowest BCUT2D eigenvalue weighted by Crippen LogP contribution is -2.16. The zero-order valence-electron chi connectivity index (χ0n) is 10.7. The summed E-state index contributed by atoms with van der Waals surface area (Å²) in [6.07, 6.45) is 2.67. The summed E-state index contributed by atoms with van der Waals surface area (Å²) in [6.45, 7) is 1.98. The Labute approximate surface area is 106 Å². The van der Waals surface area contributed by atoms with Crippen molar-refractivity contribution in [3.05, 3.63) is 34.9 Å². The molecule has 1 aromatic rings. The van der Waals surface area contributed by atoms with E-state index in [0.717, 1.165) is 6.42 Å². The summed E-state index contributed by atoms with van der Waals surface area (Å²) in [4.78, 5) is 0. The lowest BCUT2D eigenvalue weighted by atomic mass is 9.82. The summed E-state index contributed by atoms with van der Waals surface area (Å²) in [7, 11) is 0. The van der Waals surface area contributed by atoms with Crippen molar-refractivity contribution in [2.45, 2.75) is 57.5 Å². The van der Waals surface area contributed by atoms with Gasteiger partial charge in [0.25, 0.3) is 0 Å². The van der Waals surface area contributed by atoms with Crippen LogP contribution in [0.15, 0.2) is 12.1 Å². The van der Waals surface area contributed by atoms with Gasteiger partial charge in [-0.1, -0.05) is 13.3 Å². The Hall–Kier alpha value is -0.990. The Balaban J connectivity index is 2.22. The molecule has 1 aliphatic carbocycles. The lowest BCUT2D eigenvalue weighted by molar-refractivity contribution is 0.231. The van der Waals surface area contributed by atoms with Gasteiger partial charge >= 0.3 is 0 Å². The minimum absolute atomic E-state index is 0.160. The first-order valence-electron chi connectivity index (χ1n) is 6.73. The van der Waals surface area contributed by atoms with E-state index >= 15 is 0 Å². The number of rotatable bonds is 3. The molecule has 0 aromatic heterocycles. The molecule has 0 N–H and O–H groups in total. The summed E-state index contributed by atoms with van der Waals surface area (Å²) in [5.41, 5.74) is 0.872. The molecule has 0 radical (unpaired) electrons. The molecule has 0 bridgehead atoms. The Morgan fingerprint density at radius 1 is 1.06 bits per heavy atom. The molecule has 0 heterocycles. The van der Waals surface area contributed by atoms with E-state index in [0.29, 0.717) is 37.7 Å². The molecule has 2 rings (SSSR count). The molecule has 0 spiro atoms. The average molecular weight is 256 g/mol. The van der Waals surface area contributed by atoms with Crippen molar-refractivity contribution >= 4 is 0 Å². The third-order valence-electron chi connectivity index (χ3n) is 3.74. The zero-order chi connectivity index (χ0) is 13.1. The van der Waals surface area contributed by atoms with Crippen LogP contribution in [-0.2, 0) is 6.42 Å². The van der Waals surface area contributed by atoms with Crippen LogP contribution in [-0.4, -0.2) is 6.17 Å². The summed E-state index contributed by atoms with van der Waals surface area (Å²) in [5.74, 6) is -1.07. The van der Waals surface area contributed by atoms with Gasteiger partial charge in [0.15, 0.2) is 0 Å². The molecular formula is C15H19F3. The van der Waals surface area contributed by atoms with E-state index in [1.54, 1.807) is 0 Å². The first-order valence-corrected chi connectivity index (χ1v) is 6.73. The van der Waals surface area contributed by atoms with Crippen LogP contribution in [0.2, 0.25) is 0 Å². The van der Waals surface area contributed by atoms with Crippen LogP contribution in [0.5, 0.6) is 0 Å². The maximum Gasteiger partial charge on any atom is 0.129 e. The maximum atomic E-state index is 14.0. The van der Waals surface area contributed by atoms with Gasteiger partial charge in [0.2, 0.25) is 0 Å². The van der Waals surface area contributed by atoms with Gasteiger partial charge in [-0.2, -0.15) is 0 Å². The average Bonchev–Trinajstić information content (AvgIpc) is 2.31. The molecular weight excluding hydrogens is 237 g/mol. The quantitative estimate of drug-likeness (QED) is 0.720. The molecule has 0 amide bonds. The monoisotopic (exact) mass is 256 g/mol. The van der Waals surface area contributed by atoms with Crippen molar-refractivity contribution in [1.29, 1.82) is 0 Å². The van der Waals surface area contributed by atoms with Gasteiger partial charge in [-0.15, -0.1) is 0 Å². The second kappa shape index (κ2) is 5.77. The first kappa shape index (κ1) is 13.4. The van der Waals surface area contributed by atoms with E-state index in [1.807, 2.05) is 6.92 Å². The predicted molar refractivity (Wildman–Crippen MR) is 66.5 cm³/mol. The van der Waals surface area contributed by atoms with Gasteiger partial charge in [-0.05, 0) is 55.7 Å².